The zero-order valence-electron chi connectivity index (χ0n) is 20.0. The van der Waals surface area contributed by atoms with Crippen LogP contribution >= 0.6 is 11.3 Å². The van der Waals surface area contributed by atoms with Gasteiger partial charge in [0.1, 0.15) is 6.54 Å². The monoisotopic (exact) mass is 466 g/mol. The Bertz CT molecular complexity index is 898. The number of rotatable bonds is 8. The Hall–Kier alpha value is -2.14. The van der Waals surface area contributed by atoms with Crippen LogP contribution in [0.3, 0.4) is 0 Å². The van der Waals surface area contributed by atoms with Crippen molar-refractivity contribution >= 4 is 23.2 Å². The molecule has 2 fully saturated rings. The van der Waals surface area contributed by atoms with Gasteiger partial charge in [-0.25, -0.2) is 0 Å². The van der Waals surface area contributed by atoms with Gasteiger partial charge in [-0.15, -0.1) is 11.3 Å². The molecule has 2 aliphatic rings. The van der Waals surface area contributed by atoms with Crippen molar-refractivity contribution in [2.75, 3.05) is 6.54 Å². The van der Waals surface area contributed by atoms with Crippen LogP contribution in [0.25, 0.3) is 0 Å². The molecular weight excluding hydrogens is 428 g/mol. The van der Waals surface area contributed by atoms with Gasteiger partial charge in [0.25, 0.3) is 0 Å². The number of nitrogens with zero attached hydrogens (tertiary/aromatic N) is 2. The van der Waals surface area contributed by atoms with Gasteiger partial charge < -0.3 is 9.80 Å². The highest BCUT2D eigenvalue weighted by molar-refractivity contribution is 7.10. The largest absolute Gasteiger partial charge is 0.332 e. The number of aryl methyl sites for hydroxylation is 1. The second kappa shape index (κ2) is 11.8. The van der Waals surface area contributed by atoms with E-state index in [1.54, 1.807) is 11.3 Å². The Morgan fingerprint density at radius 3 is 2.18 bits per heavy atom. The lowest BCUT2D eigenvalue weighted by Crippen LogP contribution is -2.50. The van der Waals surface area contributed by atoms with Crippen LogP contribution in [0.5, 0.6) is 0 Å². The molecule has 5 heteroatoms. The third-order valence-corrected chi connectivity index (χ3v) is 8.44. The molecule has 1 heterocycles. The lowest BCUT2D eigenvalue weighted by Gasteiger charge is -2.38. The van der Waals surface area contributed by atoms with Crippen LogP contribution in [0.1, 0.15) is 80.2 Å². The maximum absolute atomic E-state index is 13.8. The third-order valence-electron chi connectivity index (χ3n) is 7.43. The average molecular weight is 467 g/mol. The van der Waals surface area contributed by atoms with Crippen LogP contribution in [-0.4, -0.2) is 34.2 Å². The summed E-state index contributed by atoms with van der Waals surface area (Å²) < 4.78 is 0. The molecule has 178 valence electrons. The Morgan fingerprint density at radius 2 is 1.55 bits per heavy atom. The minimum atomic E-state index is 0.0707. The van der Waals surface area contributed by atoms with Crippen LogP contribution in [0.4, 0.5) is 0 Å². The zero-order chi connectivity index (χ0) is 23.0. The second-order valence-electron chi connectivity index (χ2n) is 9.86. The summed E-state index contributed by atoms with van der Waals surface area (Å²) in [7, 11) is 0. The van der Waals surface area contributed by atoms with Crippen LogP contribution in [0.2, 0.25) is 0 Å². The molecule has 0 atom stereocenters. The molecule has 0 N–H and O–H groups in total. The summed E-state index contributed by atoms with van der Waals surface area (Å²) in [6, 6.07) is 12.5. The van der Waals surface area contributed by atoms with Crippen molar-refractivity contribution in [3.63, 3.8) is 0 Å². The predicted molar refractivity (Wildman–Crippen MR) is 135 cm³/mol. The van der Waals surface area contributed by atoms with E-state index in [9.17, 15) is 9.59 Å². The van der Waals surface area contributed by atoms with E-state index in [2.05, 4.69) is 30.5 Å². The maximum Gasteiger partial charge on any atom is 0.242 e. The molecule has 0 radical (unpaired) electrons. The predicted octanol–water partition coefficient (Wildman–Crippen LogP) is 6.33. The number of amides is 2. The molecule has 33 heavy (non-hydrogen) atoms. The summed E-state index contributed by atoms with van der Waals surface area (Å²) in [5.41, 5.74) is 2.36. The number of hydrogen-bond acceptors (Lipinski definition) is 3. The van der Waals surface area contributed by atoms with Crippen molar-refractivity contribution in [1.29, 1.82) is 0 Å². The van der Waals surface area contributed by atoms with Gasteiger partial charge in [-0.1, -0.05) is 68.9 Å². The minimum Gasteiger partial charge on any atom is -0.332 e. The van der Waals surface area contributed by atoms with E-state index in [1.165, 1.54) is 23.3 Å². The zero-order valence-corrected chi connectivity index (χ0v) is 20.8. The molecule has 2 aromatic rings. The number of hydrogen-bond donors (Lipinski definition) is 0. The molecule has 2 amide bonds. The highest BCUT2D eigenvalue weighted by Gasteiger charge is 2.33. The first-order valence-electron chi connectivity index (χ1n) is 12.8. The fourth-order valence-electron chi connectivity index (χ4n) is 5.38. The van der Waals surface area contributed by atoms with Crippen LogP contribution in [0, 0.1) is 12.8 Å². The van der Waals surface area contributed by atoms with Gasteiger partial charge in [0, 0.05) is 23.4 Å². The van der Waals surface area contributed by atoms with E-state index in [0.717, 1.165) is 56.9 Å². The average Bonchev–Trinajstić information content (AvgIpc) is 3.27. The summed E-state index contributed by atoms with van der Waals surface area (Å²) in [6.07, 6.45) is 11.1. The van der Waals surface area contributed by atoms with Gasteiger partial charge in [-0.05, 0) is 55.2 Å². The van der Waals surface area contributed by atoms with Gasteiger partial charge >= 0.3 is 0 Å². The standard InChI is InChI=1S/C28H38N2O2S/c1-22-17-18-33-26(22)20-29(19-23-11-5-2-6-12-23)27(31)21-30(25-15-9-4-10-16-25)28(32)24-13-7-3-8-14-24/h2,5-6,11-12,17-18,24-25H,3-4,7-10,13-16,19-21H2,1H3. The summed E-state index contributed by atoms with van der Waals surface area (Å²) >= 11 is 1.71. The van der Waals surface area contributed by atoms with Gasteiger partial charge in [-0.3, -0.25) is 9.59 Å². The third kappa shape index (κ3) is 6.47. The van der Waals surface area contributed by atoms with E-state index in [4.69, 9.17) is 0 Å². The van der Waals surface area contributed by atoms with Crippen molar-refractivity contribution in [2.24, 2.45) is 5.92 Å². The van der Waals surface area contributed by atoms with E-state index < -0.39 is 0 Å². The molecule has 2 saturated carbocycles. The van der Waals surface area contributed by atoms with Gasteiger partial charge in [0.2, 0.25) is 11.8 Å². The Kier molecular flexibility index (Phi) is 8.60. The fraction of sp³-hybridized carbons (Fsp3) is 0.571. The maximum atomic E-state index is 13.8. The SMILES string of the molecule is Cc1ccsc1CN(Cc1ccccc1)C(=O)CN(C(=O)C1CCCCC1)C1CCCCC1. The van der Waals surface area contributed by atoms with Crippen LogP contribution in [-0.2, 0) is 22.7 Å². The first kappa shape index (κ1) is 24.0. The summed E-state index contributed by atoms with van der Waals surface area (Å²) in [4.78, 5) is 32.6. The Labute approximate surface area is 203 Å². The molecular formula is C28H38N2O2S. The summed E-state index contributed by atoms with van der Waals surface area (Å²) in [5, 5.41) is 2.09. The number of thiophene rings is 1. The highest BCUT2D eigenvalue weighted by Crippen LogP contribution is 2.30. The van der Waals surface area contributed by atoms with Crippen LogP contribution in [0.15, 0.2) is 41.8 Å². The van der Waals surface area contributed by atoms with E-state index >= 15 is 0 Å². The molecule has 1 aromatic heterocycles. The molecule has 4 rings (SSSR count). The fourth-order valence-corrected chi connectivity index (χ4v) is 6.31. The van der Waals surface area contributed by atoms with E-state index in [-0.39, 0.29) is 30.3 Å². The normalized spacial score (nSPS) is 17.6. The molecule has 0 bridgehead atoms. The van der Waals surface area contributed by atoms with Gasteiger partial charge in [-0.2, -0.15) is 0 Å². The first-order chi connectivity index (χ1) is 16.1. The summed E-state index contributed by atoms with van der Waals surface area (Å²) in [5.74, 6) is 0.416. The molecule has 0 unspecified atom stereocenters. The Balaban J connectivity index is 1.53. The van der Waals surface area contributed by atoms with Crippen molar-refractivity contribution in [3.8, 4) is 0 Å². The highest BCUT2D eigenvalue weighted by atomic mass is 32.1. The molecule has 4 nitrogen and oxygen atoms in total. The lowest BCUT2D eigenvalue weighted by atomic mass is 9.86. The van der Waals surface area contributed by atoms with Crippen molar-refractivity contribution < 1.29 is 9.59 Å². The lowest BCUT2D eigenvalue weighted by molar-refractivity contribution is -0.147. The number of carbonyl (C=O) groups excluding carboxylic acids is 2. The molecule has 0 spiro atoms. The molecule has 0 aliphatic heterocycles. The van der Waals surface area contributed by atoms with E-state index in [1.807, 2.05) is 28.0 Å². The topological polar surface area (TPSA) is 40.6 Å². The van der Waals surface area contributed by atoms with Crippen molar-refractivity contribution in [2.45, 2.75) is 90.3 Å². The Morgan fingerprint density at radius 1 is 0.879 bits per heavy atom. The van der Waals surface area contributed by atoms with Gasteiger partial charge in [0.05, 0.1) is 6.54 Å². The molecule has 2 aliphatic carbocycles. The summed E-state index contributed by atoms with van der Waals surface area (Å²) in [6.45, 7) is 3.51. The quantitative estimate of drug-likeness (QED) is 0.456. The number of benzene rings is 1. The second-order valence-corrected chi connectivity index (χ2v) is 10.9. The van der Waals surface area contributed by atoms with Crippen molar-refractivity contribution in [3.05, 3.63) is 57.8 Å². The van der Waals surface area contributed by atoms with Crippen molar-refractivity contribution in [1.82, 2.24) is 9.80 Å². The number of carbonyl (C=O) groups is 2. The first-order valence-corrected chi connectivity index (χ1v) is 13.6. The molecule has 1 aromatic carbocycles. The minimum absolute atomic E-state index is 0.0707. The smallest absolute Gasteiger partial charge is 0.242 e. The van der Waals surface area contributed by atoms with E-state index in [0.29, 0.717) is 13.1 Å². The molecule has 0 saturated heterocycles. The van der Waals surface area contributed by atoms with Crippen LogP contribution < -0.4 is 0 Å². The van der Waals surface area contributed by atoms with Gasteiger partial charge in [0.15, 0.2) is 0 Å².